The van der Waals surface area contributed by atoms with Gasteiger partial charge in [0.15, 0.2) is 0 Å². The molecule has 0 aliphatic heterocycles. The summed E-state index contributed by atoms with van der Waals surface area (Å²) in [6.45, 7) is 5.47. The average molecular weight is 467 g/mol. The number of carbonyl (C=O) groups is 1. The third-order valence-corrected chi connectivity index (χ3v) is 8.69. The molecule has 2 aromatic rings. The van der Waals surface area contributed by atoms with Crippen LogP contribution in [0.4, 0.5) is 18.0 Å². The number of ether oxygens (including phenoxy) is 1. The first-order valence-electron chi connectivity index (χ1n) is 10.1. The second kappa shape index (κ2) is 9.51. The summed E-state index contributed by atoms with van der Waals surface area (Å²) in [5, 5.41) is 1.42. The van der Waals surface area contributed by atoms with Crippen molar-refractivity contribution in [3.05, 3.63) is 83.9 Å². The summed E-state index contributed by atoms with van der Waals surface area (Å²) < 4.78 is 64.3. The second-order valence-corrected chi connectivity index (χ2v) is 10.3. The van der Waals surface area contributed by atoms with Crippen LogP contribution < -0.4 is 5.32 Å². The van der Waals surface area contributed by atoms with Gasteiger partial charge in [-0.15, -0.1) is 6.58 Å². The van der Waals surface area contributed by atoms with Gasteiger partial charge in [-0.25, -0.2) is 4.79 Å². The van der Waals surface area contributed by atoms with Crippen molar-refractivity contribution < 1.29 is 31.8 Å². The maximum Gasteiger partial charge on any atom is 0.416 e. The monoisotopic (exact) mass is 467 g/mol. The Morgan fingerprint density at radius 1 is 1.22 bits per heavy atom. The maximum atomic E-state index is 14.0. The minimum absolute atomic E-state index is 0.0219. The number of alkyl carbamates (subject to hydrolysis) is 1. The van der Waals surface area contributed by atoms with Crippen LogP contribution in [-0.4, -0.2) is 18.0 Å². The Morgan fingerprint density at radius 2 is 1.91 bits per heavy atom. The van der Waals surface area contributed by atoms with Crippen molar-refractivity contribution >= 4 is 13.5 Å². The highest BCUT2D eigenvalue weighted by atomic mass is 31.2. The third kappa shape index (κ3) is 5.25. The summed E-state index contributed by atoms with van der Waals surface area (Å²) in [6.07, 6.45) is -3.69. The van der Waals surface area contributed by atoms with Gasteiger partial charge in [0.1, 0.15) is 11.9 Å². The molecule has 0 bridgehead atoms. The SMILES string of the molecule is C=CC1CC1(NC(=O)OCc1ccccc1)P(=O)(Cc1cccc(C(F)(F)F)c1)OCC. The zero-order valence-electron chi connectivity index (χ0n) is 17.6. The summed E-state index contributed by atoms with van der Waals surface area (Å²) in [7, 11) is -3.68. The lowest BCUT2D eigenvalue weighted by Gasteiger charge is -2.29. The second-order valence-electron chi connectivity index (χ2n) is 7.60. The molecule has 1 aliphatic carbocycles. The highest BCUT2D eigenvalue weighted by Gasteiger charge is 2.66. The van der Waals surface area contributed by atoms with E-state index in [1.807, 2.05) is 18.2 Å². The molecule has 0 aromatic heterocycles. The lowest BCUT2D eigenvalue weighted by atomic mass is 10.1. The molecule has 0 spiro atoms. The first kappa shape index (κ1) is 24.1. The topological polar surface area (TPSA) is 64.6 Å². The number of benzene rings is 2. The van der Waals surface area contributed by atoms with Crippen LogP contribution in [0.15, 0.2) is 67.3 Å². The standard InChI is InChI=1S/C23H25F3NO4P/c1-3-19-14-22(19,27-21(28)30-15-17-9-6-5-7-10-17)32(29,31-4-2)16-18-11-8-12-20(13-18)23(24,25)26/h3,5-13,19H,1,4,14-16H2,2H3,(H,27,28). The van der Waals surface area contributed by atoms with E-state index < -0.39 is 30.5 Å². The molecule has 5 nitrogen and oxygen atoms in total. The smallest absolute Gasteiger partial charge is 0.416 e. The molecule has 1 aliphatic rings. The van der Waals surface area contributed by atoms with Gasteiger partial charge in [0.05, 0.1) is 18.3 Å². The molecule has 3 unspecified atom stereocenters. The lowest BCUT2D eigenvalue weighted by molar-refractivity contribution is -0.137. The van der Waals surface area contributed by atoms with Gasteiger partial charge in [0.2, 0.25) is 7.37 Å². The van der Waals surface area contributed by atoms with Gasteiger partial charge in [-0.3, -0.25) is 4.57 Å². The van der Waals surface area contributed by atoms with E-state index in [-0.39, 0.29) is 30.9 Å². The predicted octanol–water partition coefficient (Wildman–Crippen LogP) is 6.35. The Balaban J connectivity index is 1.81. The van der Waals surface area contributed by atoms with E-state index in [0.717, 1.165) is 17.7 Å². The van der Waals surface area contributed by atoms with Gasteiger partial charge in [-0.05, 0) is 30.5 Å². The molecule has 1 N–H and O–H groups in total. The van der Waals surface area contributed by atoms with Gasteiger partial charge in [0, 0.05) is 5.92 Å². The number of alkyl halides is 3. The molecule has 1 saturated carbocycles. The number of hydrogen-bond donors (Lipinski definition) is 1. The molecular formula is C23H25F3NO4P. The Bertz CT molecular complexity index is 1010. The lowest BCUT2D eigenvalue weighted by Crippen LogP contribution is -2.39. The van der Waals surface area contributed by atoms with E-state index in [0.29, 0.717) is 6.42 Å². The zero-order valence-corrected chi connectivity index (χ0v) is 18.5. The van der Waals surface area contributed by atoms with Crippen LogP contribution in [0.1, 0.15) is 30.0 Å². The van der Waals surface area contributed by atoms with E-state index >= 15 is 0 Å². The summed E-state index contributed by atoms with van der Waals surface area (Å²) in [4.78, 5) is 12.5. The van der Waals surface area contributed by atoms with Crippen LogP contribution >= 0.6 is 7.37 Å². The van der Waals surface area contributed by atoms with Crippen molar-refractivity contribution in [1.82, 2.24) is 5.32 Å². The van der Waals surface area contributed by atoms with Crippen molar-refractivity contribution in [1.29, 1.82) is 0 Å². The summed E-state index contributed by atoms with van der Waals surface area (Å²) >= 11 is 0. The van der Waals surface area contributed by atoms with Crippen LogP contribution in [0.2, 0.25) is 0 Å². The third-order valence-electron chi connectivity index (χ3n) is 5.39. The van der Waals surface area contributed by atoms with Crippen LogP contribution in [0.25, 0.3) is 0 Å². The Labute approximate surface area is 185 Å². The maximum absolute atomic E-state index is 14.0. The fraction of sp³-hybridized carbons (Fsp3) is 0.348. The fourth-order valence-corrected chi connectivity index (χ4v) is 6.75. The van der Waals surface area contributed by atoms with Crippen molar-refractivity contribution in [2.75, 3.05) is 6.61 Å². The summed E-state index contributed by atoms with van der Waals surface area (Å²) in [6, 6.07) is 13.7. The van der Waals surface area contributed by atoms with Gasteiger partial charge >= 0.3 is 12.3 Å². The molecule has 1 fully saturated rings. The normalized spacial score (nSPS) is 21.9. The highest BCUT2D eigenvalue weighted by Crippen LogP contribution is 2.73. The van der Waals surface area contributed by atoms with E-state index in [9.17, 15) is 22.5 Å². The van der Waals surface area contributed by atoms with E-state index in [2.05, 4.69) is 11.9 Å². The summed E-state index contributed by atoms with van der Waals surface area (Å²) in [5.74, 6) is -0.352. The quantitative estimate of drug-likeness (QED) is 0.345. The van der Waals surface area contributed by atoms with Crippen molar-refractivity contribution in [3.8, 4) is 0 Å². The number of amides is 1. The molecule has 172 valence electrons. The summed E-state index contributed by atoms with van der Waals surface area (Å²) in [5.41, 5.74) is 0.160. The molecule has 0 radical (unpaired) electrons. The van der Waals surface area contributed by atoms with Crippen molar-refractivity contribution in [3.63, 3.8) is 0 Å². The van der Waals surface area contributed by atoms with E-state index in [1.165, 1.54) is 12.1 Å². The van der Waals surface area contributed by atoms with Crippen LogP contribution in [0.5, 0.6) is 0 Å². The zero-order chi connectivity index (χ0) is 23.4. The highest BCUT2D eigenvalue weighted by molar-refractivity contribution is 7.60. The number of nitrogens with one attached hydrogen (secondary N) is 1. The first-order chi connectivity index (χ1) is 15.1. The van der Waals surface area contributed by atoms with Gasteiger partial charge in [0.25, 0.3) is 0 Å². The molecule has 3 rings (SSSR count). The minimum atomic E-state index is -4.52. The molecular weight excluding hydrogens is 442 g/mol. The predicted molar refractivity (Wildman–Crippen MR) is 115 cm³/mol. The largest absolute Gasteiger partial charge is 0.445 e. The average Bonchev–Trinajstić information content (AvgIpc) is 3.47. The Kier molecular flexibility index (Phi) is 7.16. The molecule has 0 saturated heterocycles. The van der Waals surface area contributed by atoms with E-state index in [4.69, 9.17) is 9.26 Å². The molecule has 1 amide bonds. The van der Waals surface area contributed by atoms with Crippen LogP contribution in [0.3, 0.4) is 0 Å². The van der Waals surface area contributed by atoms with Crippen molar-refractivity contribution in [2.45, 2.75) is 37.6 Å². The van der Waals surface area contributed by atoms with Crippen molar-refractivity contribution in [2.24, 2.45) is 5.92 Å². The Morgan fingerprint density at radius 3 is 2.50 bits per heavy atom. The number of carbonyl (C=O) groups excluding carboxylic acids is 1. The van der Waals surface area contributed by atoms with Gasteiger partial charge in [-0.1, -0.05) is 54.6 Å². The minimum Gasteiger partial charge on any atom is -0.445 e. The molecule has 3 atom stereocenters. The van der Waals surface area contributed by atoms with E-state index in [1.54, 1.807) is 25.1 Å². The molecule has 2 aromatic carbocycles. The molecule has 32 heavy (non-hydrogen) atoms. The number of halogens is 3. The van der Waals surface area contributed by atoms with Gasteiger partial charge < -0.3 is 14.6 Å². The first-order valence-corrected chi connectivity index (χ1v) is 12.0. The van der Waals surface area contributed by atoms with Crippen LogP contribution in [-0.2, 0) is 32.8 Å². The number of hydrogen-bond acceptors (Lipinski definition) is 4. The van der Waals surface area contributed by atoms with Gasteiger partial charge in [-0.2, -0.15) is 13.2 Å². The Hall–Kier alpha value is -2.57. The van der Waals surface area contributed by atoms with Crippen LogP contribution in [0, 0.1) is 5.92 Å². The fourth-order valence-electron chi connectivity index (χ4n) is 3.71. The molecule has 0 heterocycles. The number of rotatable bonds is 9. The molecule has 9 heteroatoms.